The van der Waals surface area contributed by atoms with E-state index < -0.39 is 0 Å². The summed E-state index contributed by atoms with van der Waals surface area (Å²) in [5, 5.41) is 3.57. The number of carbonyl (C=O) groups is 2. The van der Waals surface area contributed by atoms with Crippen molar-refractivity contribution in [3.63, 3.8) is 0 Å². The van der Waals surface area contributed by atoms with Crippen LogP contribution in [0.1, 0.15) is 24.2 Å². The fraction of sp³-hybridized carbons (Fsp3) is 0.364. The Bertz CT molecular complexity index is 849. The van der Waals surface area contributed by atoms with Gasteiger partial charge in [0.15, 0.2) is 0 Å². The maximum atomic E-state index is 12.7. The Labute approximate surface area is 176 Å². The van der Waals surface area contributed by atoms with Gasteiger partial charge in [0.05, 0.1) is 18.3 Å². The number of halogens is 1. The highest BCUT2D eigenvalue weighted by Crippen LogP contribution is 2.24. The van der Waals surface area contributed by atoms with Crippen molar-refractivity contribution in [2.75, 3.05) is 38.1 Å². The highest BCUT2D eigenvalue weighted by Gasteiger charge is 2.28. The van der Waals surface area contributed by atoms with Crippen LogP contribution in [0.3, 0.4) is 0 Å². The molecule has 0 bridgehead atoms. The van der Waals surface area contributed by atoms with Crippen LogP contribution >= 0.6 is 11.6 Å². The maximum Gasteiger partial charge on any atom is 0.253 e. The summed E-state index contributed by atoms with van der Waals surface area (Å²) >= 11 is 5.89. The molecule has 1 unspecified atom stereocenters. The van der Waals surface area contributed by atoms with Crippen LogP contribution in [0.5, 0.6) is 5.75 Å². The summed E-state index contributed by atoms with van der Waals surface area (Å²) < 4.78 is 5.57. The minimum Gasteiger partial charge on any atom is -0.492 e. The molecule has 1 aliphatic rings. The van der Waals surface area contributed by atoms with Crippen LogP contribution in [0.4, 0.5) is 5.69 Å². The molecule has 1 atom stereocenters. The van der Waals surface area contributed by atoms with E-state index in [-0.39, 0.29) is 17.9 Å². The minimum atomic E-state index is -0.308. The molecular weight excluding hydrogens is 390 g/mol. The number of para-hydroxylation sites is 2. The van der Waals surface area contributed by atoms with Crippen molar-refractivity contribution in [3.8, 4) is 5.75 Å². The van der Waals surface area contributed by atoms with Crippen LogP contribution in [-0.2, 0) is 4.79 Å². The van der Waals surface area contributed by atoms with Crippen molar-refractivity contribution in [1.29, 1.82) is 0 Å². The number of piperazine rings is 1. The summed E-state index contributed by atoms with van der Waals surface area (Å²) in [7, 11) is 0. The Morgan fingerprint density at radius 3 is 2.38 bits per heavy atom. The van der Waals surface area contributed by atoms with Gasteiger partial charge in [-0.25, -0.2) is 0 Å². The van der Waals surface area contributed by atoms with Crippen molar-refractivity contribution >= 4 is 29.1 Å². The van der Waals surface area contributed by atoms with Crippen LogP contribution in [0.25, 0.3) is 0 Å². The van der Waals surface area contributed by atoms with E-state index >= 15 is 0 Å². The number of anilines is 1. The lowest BCUT2D eigenvalue weighted by Crippen LogP contribution is -2.54. The molecule has 1 heterocycles. The summed E-state index contributed by atoms with van der Waals surface area (Å²) in [5.41, 5.74) is 1.30. The van der Waals surface area contributed by atoms with E-state index in [4.69, 9.17) is 16.3 Å². The quantitative estimate of drug-likeness (QED) is 0.784. The summed E-state index contributed by atoms with van der Waals surface area (Å²) in [6.07, 6.45) is 0. The van der Waals surface area contributed by atoms with Gasteiger partial charge in [-0.2, -0.15) is 0 Å². The molecule has 1 aliphatic heterocycles. The zero-order valence-electron chi connectivity index (χ0n) is 16.7. The lowest BCUT2D eigenvalue weighted by Gasteiger charge is -2.37. The maximum absolute atomic E-state index is 12.7. The monoisotopic (exact) mass is 415 g/mol. The van der Waals surface area contributed by atoms with Crippen LogP contribution in [0.2, 0.25) is 5.02 Å². The van der Waals surface area contributed by atoms with Gasteiger partial charge in [0.2, 0.25) is 5.91 Å². The molecule has 3 rings (SSSR count). The van der Waals surface area contributed by atoms with E-state index in [2.05, 4.69) is 10.2 Å². The van der Waals surface area contributed by atoms with Gasteiger partial charge in [-0.3, -0.25) is 14.5 Å². The molecule has 1 fully saturated rings. The Balaban J connectivity index is 1.55. The summed E-state index contributed by atoms with van der Waals surface area (Å²) in [5.74, 6) is 0.563. The first-order chi connectivity index (χ1) is 14.0. The molecule has 0 aromatic heterocycles. The predicted molar refractivity (Wildman–Crippen MR) is 115 cm³/mol. The Hall–Kier alpha value is -2.57. The lowest BCUT2D eigenvalue weighted by molar-refractivity contribution is -0.121. The standard InChI is InChI=1S/C22H26ClN3O3/c1-3-29-20-7-5-4-6-19(20)24-21(27)16(2)25-12-14-26(15-13-25)22(28)17-8-10-18(23)11-9-17/h4-11,16H,3,12-15H2,1-2H3,(H,24,27). The number of ether oxygens (including phenoxy) is 1. The first kappa shape index (κ1) is 21.1. The zero-order valence-corrected chi connectivity index (χ0v) is 17.5. The van der Waals surface area contributed by atoms with Gasteiger partial charge in [0, 0.05) is 36.8 Å². The van der Waals surface area contributed by atoms with Gasteiger partial charge < -0.3 is 15.0 Å². The molecule has 29 heavy (non-hydrogen) atoms. The van der Waals surface area contributed by atoms with Gasteiger partial charge in [0.1, 0.15) is 5.75 Å². The molecule has 1 N–H and O–H groups in total. The summed E-state index contributed by atoms with van der Waals surface area (Å²) in [4.78, 5) is 29.3. The first-order valence-corrected chi connectivity index (χ1v) is 10.2. The van der Waals surface area contributed by atoms with E-state index in [1.165, 1.54) is 0 Å². The highest BCUT2D eigenvalue weighted by atomic mass is 35.5. The SMILES string of the molecule is CCOc1ccccc1NC(=O)C(C)N1CCN(C(=O)c2ccc(Cl)cc2)CC1. The molecule has 6 nitrogen and oxygen atoms in total. The van der Waals surface area contributed by atoms with Crippen LogP contribution in [-0.4, -0.2) is 60.4 Å². The van der Waals surface area contributed by atoms with Crippen LogP contribution in [0, 0.1) is 0 Å². The van der Waals surface area contributed by atoms with Gasteiger partial charge in [-0.05, 0) is 50.2 Å². The minimum absolute atomic E-state index is 0.0101. The number of carbonyl (C=O) groups excluding carboxylic acids is 2. The van der Waals surface area contributed by atoms with E-state index in [1.54, 1.807) is 24.3 Å². The Morgan fingerprint density at radius 2 is 1.72 bits per heavy atom. The third-order valence-electron chi connectivity index (χ3n) is 5.06. The van der Waals surface area contributed by atoms with Crippen molar-refractivity contribution < 1.29 is 14.3 Å². The third kappa shape index (κ3) is 5.28. The number of hydrogen-bond donors (Lipinski definition) is 1. The Morgan fingerprint density at radius 1 is 1.07 bits per heavy atom. The van der Waals surface area contributed by atoms with E-state index in [0.29, 0.717) is 54.8 Å². The number of nitrogens with one attached hydrogen (secondary N) is 1. The second-order valence-electron chi connectivity index (χ2n) is 6.93. The molecule has 0 spiro atoms. The van der Waals surface area contributed by atoms with E-state index in [1.807, 2.05) is 43.0 Å². The molecule has 2 aromatic carbocycles. The molecule has 2 aromatic rings. The topological polar surface area (TPSA) is 61.9 Å². The van der Waals surface area contributed by atoms with Gasteiger partial charge >= 0.3 is 0 Å². The highest BCUT2D eigenvalue weighted by molar-refractivity contribution is 6.30. The van der Waals surface area contributed by atoms with Gasteiger partial charge in [-0.15, -0.1) is 0 Å². The number of nitrogens with zero attached hydrogens (tertiary/aromatic N) is 2. The van der Waals surface area contributed by atoms with Gasteiger partial charge in [-0.1, -0.05) is 23.7 Å². The van der Waals surface area contributed by atoms with E-state index in [9.17, 15) is 9.59 Å². The average molecular weight is 416 g/mol. The number of hydrogen-bond acceptors (Lipinski definition) is 4. The van der Waals surface area contributed by atoms with Crippen molar-refractivity contribution in [1.82, 2.24) is 9.80 Å². The molecular formula is C22H26ClN3O3. The fourth-order valence-electron chi connectivity index (χ4n) is 3.34. The molecule has 0 aliphatic carbocycles. The fourth-order valence-corrected chi connectivity index (χ4v) is 3.47. The normalized spacial score (nSPS) is 15.6. The second-order valence-corrected chi connectivity index (χ2v) is 7.37. The number of amides is 2. The first-order valence-electron chi connectivity index (χ1n) is 9.81. The van der Waals surface area contributed by atoms with Crippen LogP contribution in [0.15, 0.2) is 48.5 Å². The Kier molecular flexibility index (Phi) is 7.12. The van der Waals surface area contributed by atoms with Crippen molar-refractivity contribution in [2.24, 2.45) is 0 Å². The smallest absolute Gasteiger partial charge is 0.253 e. The zero-order chi connectivity index (χ0) is 20.8. The second kappa shape index (κ2) is 9.76. The number of benzene rings is 2. The number of rotatable bonds is 6. The van der Waals surface area contributed by atoms with Gasteiger partial charge in [0.25, 0.3) is 5.91 Å². The molecule has 1 saturated heterocycles. The summed E-state index contributed by atoms with van der Waals surface area (Å²) in [6, 6.07) is 14.0. The third-order valence-corrected chi connectivity index (χ3v) is 5.32. The van der Waals surface area contributed by atoms with E-state index in [0.717, 1.165) is 0 Å². The van der Waals surface area contributed by atoms with Crippen LogP contribution < -0.4 is 10.1 Å². The molecule has 154 valence electrons. The lowest BCUT2D eigenvalue weighted by atomic mass is 10.1. The molecule has 7 heteroatoms. The predicted octanol–water partition coefficient (Wildman–Crippen LogP) is 3.52. The van der Waals surface area contributed by atoms with Crippen molar-refractivity contribution in [2.45, 2.75) is 19.9 Å². The van der Waals surface area contributed by atoms with Crippen molar-refractivity contribution in [3.05, 3.63) is 59.1 Å². The molecule has 0 saturated carbocycles. The average Bonchev–Trinajstić information content (AvgIpc) is 2.75. The summed E-state index contributed by atoms with van der Waals surface area (Å²) in [6.45, 7) is 6.76. The molecule has 0 radical (unpaired) electrons. The molecule has 2 amide bonds. The largest absolute Gasteiger partial charge is 0.492 e.